The van der Waals surface area contributed by atoms with E-state index in [2.05, 4.69) is 32.3 Å². The molecule has 2 N–H and O–H groups in total. The highest BCUT2D eigenvalue weighted by atomic mass is 16.5. The molecule has 1 fully saturated rings. The first kappa shape index (κ1) is 13.1. The van der Waals surface area contributed by atoms with Crippen LogP contribution in [0, 0.1) is 5.92 Å². The number of piperidine rings is 1. The molecule has 18 heavy (non-hydrogen) atoms. The predicted molar refractivity (Wildman–Crippen MR) is 71.0 cm³/mol. The molecule has 0 bridgehead atoms. The molecule has 1 saturated heterocycles. The number of ether oxygens (including phenoxy) is 1. The molecule has 6 heteroatoms. The molecular weight excluding hydrogens is 230 g/mol. The van der Waals surface area contributed by atoms with Crippen molar-refractivity contribution < 1.29 is 4.74 Å². The van der Waals surface area contributed by atoms with Crippen LogP contribution in [0.1, 0.15) is 26.7 Å². The van der Waals surface area contributed by atoms with Crippen LogP contribution in [-0.4, -0.2) is 48.0 Å². The summed E-state index contributed by atoms with van der Waals surface area (Å²) < 4.78 is 5.26. The molecule has 0 spiro atoms. The van der Waals surface area contributed by atoms with Crippen LogP contribution in [0.25, 0.3) is 0 Å². The minimum atomic E-state index is 0.447. The molecule has 0 aliphatic carbocycles. The van der Waals surface area contributed by atoms with Crippen LogP contribution in [0.15, 0.2) is 0 Å². The van der Waals surface area contributed by atoms with Gasteiger partial charge in [-0.05, 0) is 38.8 Å². The van der Waals surface area contributed by atoms with Gasteiger partial charge in [-0.2, -0.15) is 4.98 Å². The van der Waals surface area contributed by atoms with Crippen molar-refractivity contribution in [3.8, 4) is 6.01 Å². The van der Waals surface area contributed by atoms with Crippen molar-refractivity contribution in [1.82, 2.24) is 20.5 Å². The lowest BCUT2D eigenvalue weighted by atomic mass is 9.97. The van der Waals surface area contributed by atoms with Crippen molar-refractivity contribution in [2.45, 2.75) is 26.7 Å². The van der Waals surface area contributed by atoms with Gasteiger partial charge in [-0.25, -0.2) is 5.10 Å². The molecule has 0 amide bonds. The van der Waals surface area contributed by atoms with Gasteiger partial charge in [0, 0.05) is 13.1 Å². The summed E-state index contributed by atoms with van der Waals surface area (Å²) >= 11 is 0. The van der Waals surface area contributed by atoms with Crippen LogP contribution < -0.4 is 15.0 Å². The molecule has 102 valence electrons. The summed E-state index contributed by atoms with van der Waals surface area (Å²) in [6, 6.07) is 0.447. The minimum Gasteiger partial charge on any atom is -0.463 e. The Hall–Kier alpha value is -1.30. The Morgan fingerprint density at radius 1 is 1.39 bits per heavy atom. The fourth-order valence-electron chi connectivity index (χ4n) is 2.27. The maximum atomic E-state index is 5.26. The highest BCUT2D eigenvalue weighted by Crippen LogP contribution is 2.21. The van der Waals surface area contributed by atoms with Crippen molar-refractivity contribution in [2.24, 2.45) is 5.92 Å². The van der Waals surface area contributed by atoms with Gasteiger partial charge in [-0.1, -0.05) is 6.92 Å². The summed E-state index contributed by atoms with van der Waals surface area (Å²) in [5.74, 6) is 1.62. The van der Waals surface area contributed by atoms with Gasteiger partial charge < -0.3 is 15.0 Å². The number of H-pyrrole nitrogens is 1. The normalized spacial score (nSPS) is 17.1. The molecule has 1 aromatic rings. The lowest BCUT2D eigenvalue weighted by molar-refractivity contribution is 0.314. The summed E-state index contributed by atoms with van der Waals surface area (Å²) in [4.78, 5) is 6.58. The molecule has 2 heterocycles. The molecule has 1 aliphatic rings. The monoisotopic (exact) mass is 253 g/mol. The molecule has 0 saturated carbocycles. The Morgan fingerprint density at radius 2 is 2.17 bits per heavy atom. The third-order valence-corrected chi connectivity index (χ3v) is 3.32. The molecule has 1 aliphatic heterocycles. The van der Waals surface area contributed by atoms with E-state index in [1.165, 1.54) is 12.8 Å². The first-order valence-corrected chi connectivity index (χ1v) is 6.84. The Morgan fingerprint density at radius 3 is 2.83 bits per heavy atom. The van der Waals surface area contributed by atoms with Gasteiger partial charge in [-0.3, -0.25) is 0 Å². The number of hydrogen-bond donors (Lipinski definition) is 2. The van der Waals surface area contributed by atoms with Crippen LogP contribution in [0.3, 0.4) is 0 Å². The van der Waals surface area contributed by atoms with Gasteiger partial charge in [0.05, 0.1) is 6.61 Å². The van der Waals surface area contributed by atoms with Gasteiger partial charge in [0.25, 0.3) is 0 Å². The van der Waals surface area contributed by atoms with Crippen LogP contribution >= 0.6 is 0 Å². The predicted octanol–water partition coefficient (Wildman–Crippen LogP) is 1.03. The second-order valence-electron chi connectivity index (χ2n) is 4.61. The zero-order chi connectivity index (χ0) is 12.8. The first-order valence-electron chi connectivity index (χ1n) is 6.84. The molecule has 1 aromatic heterocycles. The Balaban J connectivity index is 1.81. The van der Waals surface area contributed by atoms with E-state index >= 15 is 0 Å². The summed E-state index contributed by atoms with van der Waals surface area (Å²) in [5.41, 5.74) is 0. The van der Waals surface area contributed by atoms with Crippen molar-refractivity contribution in [3.63, 3.8) is 0 Å². The Labute approximate surface area is 108 Å². The SMILES string of the molecule is CCNCC1CCN(c2nc(OCC)n[nH]2)CC1. The second-order valence-corrected chi connectivity index (χ2v) is 4.61. The largest absolute Gasteiger partial charge is 0.463 e. The van der Waals surface area contributed by atoms with Crippen LogP contribution in [0.4, 0.5) is 5.95 Å². The number of hydrogen-bond acceptors (Lipinski definition) is 5. The van der Waals surface area contributed by atoms with E-state index in [4.69, 9.17) is 4.74 Å². The standard InChI is InChI=1S/C12H23N5O/c1-3-13-9-10-5-7-17(8-6-10)11-14-12(16-15-11)18-4-2/h10,13H,3-9H2,1-2H3,(H,14,15,16). The summed E-state index contributed by atoms with van der Waals surface area (Å²) in [6.45, 7) is 8.95. The van der Waals surface area contributed by atoms with Gasteiger partial charge in [0.1, 0.15) is 0 Å². The average molecular weight is 253 g/mol. The third kappa shape index (κ3) is 3.35. The quantitative estimate of drug-likeness (QED) is 0.792. The van der Waals surface area contributed by atoms with E-state index in [-0.39, 0.29) is 0 Å². The fraction of sp³-hybridized carbons (Fsp3) is 0.833. The van der Waals surface area contributed by atoms with Crippen LogP contribution in [-0.2, 0) is 0 Å². The van der Waals surface area contributed by atoms with E-state index in [1.807, 2.05) is 6.92 Å². The lowest BCUT2D eigenvalue weighted by Crippen LogP contribution is -2.37. The van der Waals surface area contributed by atoms with E-state index in [0.29, 0.717) is 12.6 Å². The van der Waals surface area contributed by atoms with E-state index < -0.39 is 0 Å². The maximum Gasteiger partial charge on any atom is 0.337 e. The summed E-state index contributed by atoms with van der Waals surface area (Å²) in [7, 11) is 0. The number of nitrogens with zero attached hydrogens (tertiary/aromatic N) is 3. The van der Waals surface area contributed by atoms with Gasteiger partial charge >= 0.3 is 6.01 Å². The Bertz CT molecular complexity index is 346. The van der Waals surface area contributed by atoms with Gasteiger partial charge in [0.15, 0.2) is 0 Å². The first-order chi connectivity index (χ1) is 8.83. The topological polar surface area (TPSA) is 66.1 Å². The molecular formula is C12H23N5O. The zero-order valence-corrected chi connectivity index (χ0v) is 11.3. The number of nitrogens with one attached hydrogen (secondary N) is 2. The smallest absolute Gasteiger partial charge is 0.337 e. The number of aromatic amines is 1. The highest BCUT2D eigenvalue weighted by molar-refractivity contribution is 5.30. The zero-order valence-electron chi connectivity index (χ0n) is 11.3. The fourth-order valence-corrected chi connectivity index (χ4v) is 2.27. The molecule has 2 rings (SSSR count). The number of aromatic nitrogens is 3. The molecule has 0 atom stereocenters. The van der Waals surface area contributed by atoms with E-state index in [1.54, 1.807) is 0 Å². The molecule has 0 unspecified atom stereocenters. The van der Waals surface area contributed by atoms with Gasteiger partial charge in [0.2, 0.25) is 5.95 Å². The highest BCUT2D eigenvalue weighted by Gasteiger charge is 2.21. The minimum absolute atomic E-state index is 0.447. The molecule has 0 aromatic carbocycles. The Kier molecular flexibility index (Phi) is 4.81. The van der Waals surface area contributed by atoms with Crippen molar-refractivity contribution in [3.05, 3.63) is 0 Å². The molecule has 0 radical (unpaired) electrons. The van der Waals surface area contributed by atoms with Crippen molar-refractivity contribution in [2.75, 3.05) is 37.7 Å². The van der Waals surface area contributed by atoms with Crippen molar-refractivity contribution in [1.29, 1.82) is 0 Å². The number of anilines is 1. The average Bonchev–Trinajstić information content (AvgIpc) is 2.86. The van der Waals surface area contributed by atoms with E-state index in [9.17, 15) is 0 Å². The summed E-state index contributed by atoms with van der Waals surface area (Å²) in [6.07, 6.45) is 2.41. The second kappa shape index (κ2) is 6.58. The maximum absolute atomic E-state index is 5.26. The lowest BCUT2D eigenvalue weighted by Gasteiger charge is -2.31. The summed E-state index contributed by atoms with van der Waals surface area (Å²) in [5, 5.41) is 10.4. The third-order valence-electron chi connectivity index (χ3n) is 3.32. The van der Waals surface area contributed by atoms with Crippen molar-refractivity contribution >= 4 is 5.95 Å². The van der Waals surface area contributed by atoms with E-state index in [0.717, 1.165) is 38.0 Å². The van der Waals surface area contributed by atoms with Crippen LogP contribution in [0.2, 0.25) is 0 Å². The van der Waals surface area contributed by atoms with Gasteiger partial charge in [-0.15, -0.1) is 5.10 Å². The van der Waals surface area contributed by atoms with Crippen LogP contribution in [0.5, 0.6) is 6.01 Å². The molecule has 6 nitrogen and oxygen atoms in total. The number of rotatable bonds is 6.